The number of benzene rings is 1. The van der Waals surface area contributed by atoms with Gasteiger partial charge in [-0.1, -0.05) is 49.8 Å². The molecule has 1 aromatic rings. The molecule has 0 amide bonds. The van der Waals surface area contributed by atoms with E-state index in [-0.39, 0.29) is 18.5 Å². The fourth-order valence-corrected chi connectivity index (χ4v) is 3.12. The van der Waals surface area contributed by atoms with Gasteiger partial charge in [0, 0.05) is 6.32 Å². The number of phenols is 1. The van der Waals surface area contributed by atoms with E-state index in [1.54, 1.807) is 12.1 Å². The fourth-order valence-electron chi connectivity index (χ4n) is 3.12. The average Bonchev–Trinajstić information content (AvgIpc) is 2.59. The lowest BCUT2D eigenvalue weighted by molar-refractivity contribution is 0.180. The van der Waals surface area contributed by atoms with E-state index in [0.717, 1.165) is 30.4 Å². The fraction of sp³-hybridized carbons (Fsp3) is 0.400. The number of hydrogen-bond acceptors (Lipinski definition) is 4. The summed E-state index contributed by atoms with van der Waals surface area (Å²) in [6.45, 7) is 5.92. The van der Waals surface area contributed by atoms with Crippen LogP contribution in [0.4, 0.5) is 0 Å². The van der Waals surface area contributed by atoms with Gasteiger partial charge in [-0.2, -0.15) is 0 Å². The summed E-state index contributed by atoms with van der Waals surface area (Å²) < 4.78 is 5.67. The molecule has 4 nitrogen and oxygen atoms in total. The van der Waals surface area contributed by atoms with E-state index >= 15 is 0 Å². The Hall–Kier alpha value is -1.82. The molecule has 1 aliphatic rings. The van der Waals surface area contributed by atoms with Crippen LogP contribution in [-0.4, -0.2) is 35.1 Å². The zero-order chi connectivity index (χ0) is 18.2. The minimum Gasteiger partial charge on any atom is -0.508 e. The van der Waals surface area contributed by atoms with Crippen LogP contribution >= 0.6 is 0 Å². The normalized spacial score (nSPS) is 18.2. The van der Waals surface area contributed by atoms with Gasteiger partial charge in [0.05, 0.1) is 12.7 Å². The first-order valence-electron chi connectivity index (χ1n) is 8.84. The van der Waals surface area contributed by atoms with Crippen LogP contribution in [0, 0.1) is 0 Å². The SMILES string of the molecule is C=C(CO)C1=CCB(O)OC1CC/C(=C/c1cccc(O)c1)CCC. The molecule has 2 rings (SSSR count). The van der Waals surface area contributed by atoms with E-state index in [9.17, 15) is 15.2 Å². The highest BCUT2D eigenvalue weighted by atomic mass is 16.5. The topological polar surface area (TPSA) is 69.9 Å². The number of hydrogen-bond donors (Lipinski definition) is 3. The lowest BCUT2D eigenvalue weighted by Crippen LogP contribution is -2.32. The summed E-state index contributed by atoms with van der Waals surface area (Å²) in [5.74, 6) is 0.257. The molecule has 0 spiro atoms. The molecule has 0 fully saturated rings. The van der Waals surface area contributed by atoms with E-state index in [4.69, 9.17) is 4.65 Å². The van der Waals surface area contributed by atoms with Crippen LogP contribution in [0.15, 0.2) is 53.6 Å². The van der Waals surface area contributed by atoms with Gasteiger partial charge in [0.15, 0.2) is 0 Å². The Balaban J connectivity index is 2.10. The predicted molar refractivity (Wildman–Crippen MR) is 102 cm³/mol. The molecule has 1 unspecified atom stereocenters. The second kappa shape index (κ2) is 9.61. The molecular weight excluding hydrogens is 315 g/mol. The van der Waals surface area contributed by atoms with Crippen molar-refractivity contribution in [3.8, 4) is 5.75 Å². The van der Waals surface area contributed by atoms with Gasteiger partial charge >= 0.3 is 7.12 Å². The molecule has 3 N–H and O–H groups in total. The minimum atomic E-state index is -0.801. The third-order valence-corrected chi connectivity index (χ3v) is 4.35. The second-order valence-corrected chi connectivity index (χ2v) is 6.42. The molecule has 1 heterocycles. The summed E-state index contributed by atoms with van der Waals surface area (Å²) in [5, 5.41) is 28.8. The summed E-state index contributed by atoms with van der Waals surface area (Å²) in [6, 6.07) is 7.20. The third-order valence-electron chi connectivity index (χ3n) is 4.35. The molecule has 25 heavy (non-hydrogen) atoms. The van der Waals surface area contributed by atoms with Crippen molar-refractivity contribution in [1.29, 1.82) is 0 Å². The maximum absolute atomic E-state index is 9.78. The zero-order valence-electron chi connectivity index (χ0n) is 14.8. The Morgan fingerprint density at radius 1 is 1.40 bits per heavy atom. The molecule has 5 heteroatoms. The monoisotopic (exact) mass is 342 g/mol. The van der Waals surface area contributed by atoms with Crippen LogP contribution in [0.3, 0.4) is 0 Å². The molecular formula is C20H27BO4. The van der Waals surface area contributed by atoms with Gasteiger partial charge in [0.25, 0.3) is 0 Å². The Morgan fingerprint density at radius 3 is 2.88 bits per heavy atom. The van der Waals surface area contributed by atoms with Crippen molar-refractivity contribution in [2.45, 2.75) is 45.0 Å². The van der Waals surface area contributed by atoms with Crippen molar-refractivity contribution in [1.82, 2.24) is 0 Å². The molecule has 134 valence electrons. The van der Waals surface area contributed by atoms with Gasteiger partial charge in [-0.15, -0.1) is 0 Å². The zero-order valence-corrected chi connectivity index (χ0v) is 14.8. The van der Waals surface area contributed by atoms with Gasteiger partial charge < -0.3 is 19.9 Å². The van der Waals surface area contributed by atoms with Crippen molar-refractivity contribution >= 4 is 13.2 Å². The first kappa shape index (κ1) is 19.5. The predicted octanol–water partition coefficient (Wildman–Crippen LogP) is 3.71. The number of phenolic OH excluding ortho intramolecular Hbond substituents is 1. The number of rotatable bonds is 8. The highest BCUT2D eigenvalue weighted by molar-refractivity contribution is 6.43. The van der Waals surface area contributed by atoms with Crippen LogP contribution in [-0.2, 0) is 4.65 Å². The summed E-state index contributed by atoms with van der Waals surface area (Å²) in [5.41, 5.74) is 3.78. The maximum atomic E-state index is 9.78. The average molecular weight is 342 g/mol. The van der Waals surface area contributed by atoms with Crippen molar-refractivity contribution in [2.24, 2.45) is 0 Å². The van der Waals surface area contributed by atoms with Gasteiger partial charge in [-0.25, -0.2) is 0 Å². The summed E-state index contributed by atoms with van der Waals surface area (Å²) in [6.07, 6.45) is 7.71. The van der Waals surface area contributed by atoms with Crippen molar-refractivity contribution in [3.05, 3.63) is 59.2 Å². The smallest absolute Gasteiger partial charge is 0.458 e. The van der Waals surface area contributed by atoms with E-state index in [2.05, 4.69) is 19.6 Å². The number of aromatic hydroxyl groups is 1. The largest absolute Gasteiger partial charge is 0.508 e. The van der Waals surface area contributed by atoms with Crippen LogP contribution in [0.1, 0.15) is 38.2 Å². The number of allylic oxidation sites excluding steroid dienone is 2. The molecule has 1 aromatic carbocycles. The van der Waals surface area contributed by atoms with Crippen LogP contribution in [0.2, 0.25) is 6.32 Å². The summed E-state index contributed by atoms with van der Waals surface area (Å²) >= 11 is 0. The number of aliphatic hydroxyl groups is 1. The van der Waals surface area contributed by atoms with Crippen molar-refractivity contribution in [3.63, 3.8) is 0 Å². The van der Waals surface area contributed by atoms with E-state index < -0.39 is 7.12 Å². The maximum Gasteiger partial charge on any atom is 0.458 e. The van der Waals surface area contributed by atoms with E-state index in [1.807, 2.05) is 18.2 Å². The minimum absolute atomic E-state index is 0.108. The highest BCUT2D eigenvalue weighted by Gasteiger charge is 2.27. The van der Waals surface area contributed by atoms with Gasteiger partial charge in [0.1, 0.15) is 5.75 Å². The molecule has 0 aliphatic carbocycles. The van der Waals surface area contributed by atoms with Crippen LogP contribution < -0.4 is 0 Å². The Labute approximate surface area is 150 Å². The van der Waals surface area contributed by atoms with Crippen molar-refractivity contribution in [2.75, 3.05) is 6.61 Å². The standard InChI is InChI=1S/C20H27BO4/c1-3-5-16(12-17-6-4-7-18(23)13-17)8-9-20-19(15(2)14-22)10-11-21(24)25-20/h4,6-7,10,12-13,20,22-24H,2-3,5,8-9,11,14H2,1H3/b16-12+. The van der Waals surface area contributed by atoms with Gasteiger partial charge in [-0.3, -0.25) is 0 Å². The highest BCUT2D eigenvalue weighted by Crippen LogP contribution is 2.28. The summed E-state index contributed by atoms with van der Waals surface area (Å²) in [7, 11) is -0.801. The molecule has 1 aliphatic heterocycles. The van der Waals surface area contributed by atoms with Crippen LogP contribution in [0.25, 0.3) is 6.08 Å². The lowest BCUT2D eigenvalue weighted by Gasteiger charge is -2.28. The summed E-state index contributed by atoms with van der Waals surface area (Å²) in [4.78, 5) is 0. The molecule has 0 saturated heterocycles. The van der Waals surface area contributed by atoms with Gasteiger partial charge in [0.2, 0.25) is 0 Å². The first-order chi connectivity index (χ1) is 12.0. The quantitative estimate of drug-likeness (QED) is 0.630. The molecule has 0 aromatic heterocycles. The lowest BCUT2D eigenvalue weighted by atomic mass is 9.78. The van der Waals surface area contributed by atoms with Crippen molar-refractivity contribution < 1.29 is 19.9 Å². The van der Waals surface area contributed by atoms with E-state index in [1.165, 1.54) is 5.57 Å². The molecule has 1 atom stereocenters. The molecule has 0 radical (unpaired) electrons. The Bertz CT molecular complexity index is 651. The second-order valence-electron chi connectivity index (χ2n) is 6.42. The van der Waals surface area contributed by atoms with Gasteiger partial charge in [-0.05, 0) is 48.1 Å². The van der Waals surface area contributed by atoms with E-state index in [0.29, 0.717) is 18.3 Å². The Morgan fingerprint density at radius 2 is 2.20 bits per heavy atom. The van der Waals surface area contributed by atoms with Crippen LogP contribution in [0.5, 0.6) is 5.75 Å². The molecule has 0 saturated carbocycles. The number of aliphatic hydroxyl groups excluding tert-OH is 1. The molecule has 0 bridgehead atoms. The first-order valence-corrected chi connectivity index (χ1v) is 8.84. The third kappa shape index (κ3) is 5.89. The Kier molecular flexibility index (Phi) is 7.50.